The lowest BCUT2D eigenvalue weighted by Crippen LogP contribution is -2.51. The summed E-state index contributed by atoms with van der Waals surface area (Å²) in [6.45, 7) is 6.56. The Bertz CT molecular complexity index is 612. The molecule has 0 atom stereocenters. The summed E-state index contributed by atoms with van der Waals surface area (Å²) in [6.07, 6.45) is 0. The standard InChI is InChI=1S/C17H25FN6O/c18-14-1-3-15(4-2-14)23-9-11-24(12-10-23)17(19)21-6-8-22-7-5-20-16(25)13-22/h1-4H,5-13H2,(H2,19,21)(H,20,25). The normalized spacial score (nSPS) is 19.9. The fourth-order valence-electron chi connectivity index (χ4n) is 3.13. The van der Waals surface area contributed by atoms with Crippen molar-refractivity contribution >= 4 is 17.6 Å². The summed E-state index contributed by atoms with van der Waals surface area (Å²) in [4.78, 5) is 22.2. The van der Waals surface area contributed by atoms with Gasteiger partial charge in [-0.05, 0) is 24.3 Å². The molecule has 1 amide bonds. The molecule has 0 radical (unpaired) electrons. The van der Waals surface area contributed by atoms with E-state index in [-0.39, 0.29) is 11.7 Å². The molecule has 8 heteroatoms. The maximum Gasteiger partial charge on any atom is 0.234 e. The molecule has 0 saturated carbocycles. The van der Waals surface area contributed by atoms with Crippen LogP contribution in [0.5, 0.6) is 0 Å². The molecule has 0 spiro atoms. The molecule has 0 aliphatic carbocycles. The number of carbonyl (C=O) groups is 1. The number of carbonyl (C=O) groups excluding carboxylic acids is 1. The number of aliphatic imine (C=N–C) groups is 1. The number of amides is 1. The van der Waals surface area contributed by atoms with Crippen molar-refractivity contribution < 1.29 is 9.18 Å². The minimum atomic E-state index is -0.218. The highest BCUT2D eigenvalue weighted by Crippen LogP contribution is 2.16. The zero-order chi connectivity index (χ0) is 17.6. The average Bonchev–Trinajstić information content (AvgIpc) is 2.62. The van der Waals surface area contributed by atoms with E-state index >= 15 is 0 Å². The number of anilines is 1. The van der Waals surface area contributed by atoms with Crippen LogP contribution in [0.2, 0.25) is 0 Å². The largest absolute Gasteiger partial charge is 0.370 e. The third kappa shape index (κ3) is 4.82. The lowest BCUT2D eigenvalue weighted by atomic mass is 10.2. The molecule has 0 aromatic heterocycles. The van der Waals surface area contributed by atoms with E-state index in [1.807, 2.05) is 0 Å². The first-order chi connectivity index (χ1) is 12.1. The molecule has 25 heavy (non-hydrogen) atoms. The van der Waals surface area contributed by atoms with Crippen LogP contribution in [0.1, 0.15) is 0 Å². The van der Waals surface area contributed by atoms with Gasteiger partial charge in [-0.3, -0.25) is 14.7 Å². The van der Waals surface area contributed by atoms with Crippen molar-refractivity contribution in [2.75, 3.05) is 63.8 Å². The Morgan fingerprint density at radius 1 is 1.16 bits per heavy atom. The quantitative estimate of drug-likeness (QED) is 0.577. The van der Waals surface area contributed by atoms with Crippen LogP contribution in [0.25, 0.3) is 0 Å². The van der Waals surface area contributed by atoms with Gasteiger partial charge in [0, 0.05) is 51.5 Å². The molecule has 2 fully saturated rings. The molecule has 0 bridgehead atoms. The summed E-state index contributed by atoms with van der Waals surface area (Å²) in [6, 6.07) is 6.57. The summed E-state index contributed by atoms with van der Waals surface area (Å²) in [7, 11) is 0. The van der Waals surface area contributed by atoms with E-state index in [0.717, 1.165) is 45.0 Å². The van der Waals surface area contributed by atoms with Crippen molar-refractivity contribution in [3.8, 4) is 0 Å². The first-order valence-electron chi connectivity index (χ1n) is 8.66. The van der Waals surface area contributed by atoms with Gasteiger partial charge in [0.15, 0.2) is 5.96 Å². The molecule has 7 nitrogen and oxygen atoms in total. The van der Waals surface area contributed by atoms with Gasteiger partial charge in [0.25, 0.3) is 0 Å². The molecule has 136 valence electrons. The zero-order valence-corrected chi connectivity index (χ0v) is 14.3. The highest BCUT2D eigenvalue weighted by atomic mass is 19.1. The van der Waals surface area contributed by atoms with Crippen molar-refractivity contribution in [3.05, 3.63) is 30.1 Å². The summed E-state index contributed by atoms with van der Waals surface area (Å²) < 4.78 is 13.0. The SMILES string of the molecule is NC(=NCCN1CCNC(=O)C1)N1CCN(c2ccc(F)cc2)CC1. The van der Waals surface area contributed by atoms with Crippen molar-refractivity contribution in [1.29, 1.82) is 0 Å². The smallest absolute Gasteiger partial charge is 0.234 e. The highest BCUT2D eigenvalue weighted by molar-refractivity contribution is 5.79. The van der Waals surface area contributed by atoms with Gasteiger partial charge in [0.05, 0.1) is 13.1 Å². The Kier molecular flexibility index (Phi) is 5.70. The Morgan fingerprint density at radius 2 is 1.88 bits per heavy atom. The Hall–Kier alpha value is -2.35. The third-order valence-electron chi connectivity index (χ3n) is 4.60. The topological polar surface area (TPSA) is 77.2 Å². The van der Waals surface area contributed by atoms with Gasteiger partial charge in [0.2, 0.25) is 5.91 Å². The number of halogens is 1. The first-order valence-corrected chi connectivity index (χ1v) is 8.66. The average molecular weight is 348 g/mol. The second-order valence-corrected chi connectivity index (χ2v) is 6.32. The van der Waals surface area contributed by atoms with Gasteiger partial charge in [-0.25, -0.2) is 4.39 Å². The summed E-state index contributed by atoms with van der Waals surface area (Å²) in [5.74, 6) is 0.408. The molecule has 1 aromatic carbocycles. The van der Waals surface area contributed by atoms with Crippen LogP contribution in [0, 0.1) is 5.82 Å². The molecular weight excluding hydrogens is 323 g/mol. The molecule has 2 aliphatic heterocycles. The lowest BCUT2D eigenvalue weighted by molar-refractivity contribution is -0.124. The Balaban J connectivity index is 1.43. The summed E-state index contributed by atoms with van der Waals surface area (Å²) in [5, 5.41) is 2.81. The zero-order valence-electron chi connectivity index (χ0n) is 14.3. The van der Waals surface area contributed by atoms with Crippen LogP contribution in [0.4, 0.5) is 10.1 Å². The van der Waals surface area contributed by atoms with Crippen LogP contribution >= 0.6 is 0 Å². The predicted molar refractivity (Wildman–Crippen MR) is 96.1 cm³/mol. The van der Waals surface area contributed by atoms with E-state index in [1.54, 1.807) is 12.1 Å². The van der Waals surface area contributed by atoms with Gasteiger partial charge in [-0.1, -0.05) is 0 Å². The minimum Gasteiger partial charge on any atom is -0.370 e. The number of hydrogen-bond donors (Lipinski definition) is 2. The molecule has 3 rings (SSSR count). The molecule has 1 aromatic rings. The van der Waals surface area contributed by atoms with Crippen molar-refractivity contribution in [2.45, 2.75) is 0 Å². The van der Waals surface area contributed by atoms with Crippen molar-refractivity contribution in [3.63, 3.8) is 0 Å². The Morgan fingerprint density at radius 3 is 2.56 bits per heavy atom. The van der Waals surface area contributed by atoms with Crippen LogP contribution < -0.4 is 16.0 Å². The highest BCUT2D eigenvalue weighted by Gasteiger charge is 2.19. The number of piperazine rings is 2. The molecule has 0 unspecified atom stereocenters. The number of rotatable bonds is 4. The fourth-order valence-corrected chi connectivity index (χ4v) is 3.13. The maximum absolute atomic E-state index is 13.0. The second-order valence-electron chi connectivity index (χ2n) is 6.32. The van der Waals surface area contributed by atoms with Crippen molar-refractivity contribution in [1.82, 2.24) is 15.1 Å². The van der Waals surface area contributed by atoms with E-state index in [1.165, 1.54) is 12.1 Å². The number of benzene rings is 1. The lowest BCUT2D eigenvalue weighted by Gasteiger charge is -2.36. The van der Waals surface area contributed by atoms with Crippen LogP contribution in [0.3, 0.4) is 0 Å². The maximum atomic E-state index is 13.0. The molecule has 2 heterocycles. The number of nitrogens with two attached hydrogens (primary N) is 1. The van der Waals surface area contributed by atoms with Crippen LogP contribution in [-0.4, -0.2) is 80.6 Å². The van der Waals surface area contributed by atoms with E-state index < -0.39 is 0 Å². The van der Waals surface area contributed by atoms with E-state index in [4.69, 9.17) is 5.73 Å². The van der Waals surface area contributed by atoms with E-state index in [9.17, 15) is 9.18 Å². The number of guanidine groups is 1. The minimum absolute atomic E-state index is 0.0696. The van der Waals surface area contributed by atoms with Gasteiger partial charge < -0.3 is 20.9 Å². The van der Waals surface area contributed by atoms with Crippen LogP contribution in [0.15, 0.2) is 29.3 Å². The molecule has 2 aliphatic rings. The molecular formula is C17H25FN6O. The predicted octanol–water partition coefficient (Wildman–Crippen LogP) is -0.306. The number of nitrogens with one attached hydrogen (secondary N) is 1. The Labute approximate surface area is 147 Å². The van der Waals surface area contributed by atoms with E-state index in [0.29, 0.717) is 25.6 Å². The monoisotopic (exact) mass is 348 g/mol. The first kappa shape index (κ1) is 17.5. The summed E-state index contributed by atoms with van der Waals surface area (Å²) in [5.41, 5.74) is 7.13. The van der Waals surface area contributed by atoms with Crippen LogP contribution in [-0.2, 0) is 4.79 Å². The van der Waals surface area contributed by atoms with Gasteiger partial charge in [0.1, 0.15) is 5.82 Å². The van der Waals surface area contributed by atoms with Gasteiger partial charge in [-0.2, -0.15) is 0 Å². The fraction of sp³-hybridized carbons (Fsp3) is 0.529. The number of hydrogen-bond acceptors (Lipinski definition) is 4. The third-order valence-corrected chi connectivity index (χ3v) is 4.60. The molecule has 3 N–H and O–H groups in total. The molecule has 2 saturated heterocycles. The van der Waals surface area contributed by atoms with Gasteiger partial charge in [-0.15, -0.1) is 0 Å². The van der Waals surface area contributed by atoms with E-state index in [2.05, 4.69) is 25.0 Å². The summed E-state index contributed by atoms with van der Waals surface area (Å²) >= 11 is 0. The van der Waals surface area contributed by atoms with Crippen molar-refractivity contribution in [2.24, 2.45) is 10.7 Å². The second kappa shape index (κ2) is 8.15. The number of nitrogens with zero attached hydrogens (tertiary/aromatic N) is 4. The van der Waals surface area contributed by atoms with Gasteiger partial charge >= 0.3 is 0 Å².